The van der Waals surface area contributed by atoms with Crippen LogP contribution in [0, 0.1) is 16.0 Å². The van der Waals surface area contributed by atoms with Gasteiger partial charge in [0.05, 0.1) is 4.92 Å². The van der Waals surface area contributed by atoms with Gasteiger partial charge in [-0.15, -0.1) is 0 Å². The number of piperidine rings is 1. The number of benzene rings is 2. The molecule has 1 N–H and O–H groups in total. The van der Waals surface area contributed by atoms with E-state index in [1.807, 2.05) is 12.1 Å². The van der Waals surface area contributed by atoms with Crippen molar-refractivity contribution in [1.82, 2.24) is 4.90 Å². The number of anilines is 1. The summed E-state index contributed by atoms with van der Waals surface area (Å²) in [5.74, 6) is -0.440. The standard InChI is InChI=1S/C19H18BrN3O4/c20-15-6-4-14(5-7-15)19(25)22-10-8-13(9-11-22)18(24)21-16-2-1-3-17(12-16)23(26)27/h1-7,12-13H,8-11H2,(H,21,24). The number of amides is 2. The molecule has 0 unspecified atom stereocenters. The number of nitro benzene ring substituents is 1. The van der Waals surface area contributed by atoms with Crippen LogP contribution >= 0.6 is 15.9 Å². The molecule has 1 heterocycles. The highest BCUT2D eigenvalue weighted by molar-refractivity contribution is 9.10. The van der Waals surface area contributed by atoms with Crippen molar-refractivity contribution in [1.29, 1.82) is 0 Å². The minimum Gasteiger partial charge on any atom is -0.339 e. The Morgan fingerprint density at radius 3 is 2.41 bits per heavy atom. The molecule has 140 valence electrons. The molecule has 0 bridgehead atoms. The number of halogens is 1. The van der Waals surface area contributed by atoms with Crippen molar-refractivity contribution in [2.45, 2.75) is 12.8 Å². The number of hydrogen-bond donors (Lipinski definition) is 1. The number of rotatable bonds is 4. The van der Waals surface area contributed by atoms with E-state index in [0.717, 1.165) is 4.47 Å². The van der Waals surface area contributed by atoms with Gasteiger partial charge in [-0.25, -0.2) is 0 Å². The van der Waals surface area contributed by atoms with Crippen LogP contribution in [-0.2, 0) is 4.79 Å². The fourth-order valence-electron chi connectivity index (χ4n) is 3.06. The van der Waals surface area contributed by atoms with Gasteiger partial charge in [-0.2, -0.15) is 0 Å². The van der Waals surface area contributed by atoms with E-state index in [9.17, 15) is 19.7 Å². The van der Waals surface area contributed by atoms with Gasteiger partial charge in [0.15, 0.2) is 0 Å². The predicted molar refractivity (Wildman–Crippen MR) is 104 cm³/mol. The van der Waals surface area contributed by atoms with Gasteiger partial charge in [0.1, 0.15) is 0 Å². The lowest BCUT2D eigenvalue weighted by Gasteiger charge is -2.31. The molecule has 0 aliphatic carbocycles. The topological polar surface area (TPSA) is 92.5 Å². The fourth-order valence-corrected chi connectivity index (χ4v) is 3.33. The molecular formula is C19H18BrN3O4. The first-order valence-corrected chi connectivity index (χ1v) is 9.33. The van der Waals surface area contributed by atoms with E-state index in [1.54, 1.807) is 23.1 Å². The van der Waals surface area contributed by atoms with Gasteiger partial charge in [-0.1, -0.05) is 22.0 Å². The number of likely N-dealkylation sites (tertiary alicyclic amines) is 1. The maximum absolute atomic E-state index is 12.5. The second-order valence-corrected chi connectivity index (χ2v) is 7.29. The van der Waals surface area contributed by atoms with Crippen LogP contribution in [0.3, 0.4) is 0 Å². The molecule has 2 aromatic rings. The summed E-state index contributed by atoms with van der Waals surface area (Å²) in [4.78, 5) is 37.1. The van der Waals surface area contributed by atoms with Crippen LogP contribution in [0.2, 0.25) is 0 Å². The Kier molecular flexibility index (Phi) is 5.85. The van der Waals surface area contributed by atoms with Crippen molar-refractivity contribution in [2.24, 2.45) is 5.92 Å². The Labute approximate surface area is 164 Å². The molecule has 8 heteroatoms. The molecule has 0 spiro atoms. The maximum Gasteiger partial charge on any atom is 0.271 e. The second kappa shape index (κ2) is 8.30. The lowest BCUT2D eigenvalue weighted by molar-refractivity contribution is -0.384. The largest absolute Gasteiger partial charge is 0.339 e. The third-order valence-electron chi connectivity index (χ3n) is 4.57. The highest BCUT2D eigenvalue weighted by atomic mass is 79.9. The third kappa shape index (κ3) is 4.71. The minimum atomic E-state index is -0.498. The number of nitro groups is 1. The van der Waals surface area contributed by atoms with Crippen LogP contribution in [0.1, 0.15) is 23.2 Å². The minimum absolute atomic E-state index is 0.0416. The lowest BCUT2D eigenvalue weighted by atomic mass is 9.95. The van der Waals surface area contributed by atoms with Crippen LogP contribution in [0.5, 0.6) is 0 Å². The van der Waals surface area contributed by atoms with Gasteiger partial charge in [-0.3, -0.25) is 19.7 Å². The van der Waals surface area contributed by atoms with Crippen LogP contribution in [-0.4, -0.2) is 34.7 Å². The van der Waals surface area contributed by atoms with Gasteiger partial charge in [0.25, 0.3) is 11.6 Å². The summed E-state index contributed by atoms with van der Waals surface area (Å²) in [6.45, 7) is 1.00. The zero-order valence-electron chi connectivity index (χ0n) is 14.4. The molecule has 0 saturated carbocycles. The van der Waals surface area contributed by atoms with Crippen LogP contribution in [0.4, 0.5) is 11.4 Å². The van der Waals surface area contributed by atoms with Gasteiger partial charge < -0.3 is 10.2 Å². The summed E-state index contributed by atoms with van der Waals surface area (Å²) < 4.78 is 0.913. The Hall–Kier alpha value is -2.74. The highest BCUT2D eigenvalue weighted by Crippen LogP contribution is 2.23. The summed E-state index contributed by atoms with van der Waals surface area (Å²) >= 11 is 3.35. The molecule has 2 amide bonds. The summed E-state index contributed by atoms with van der Waals surface area (Å²) in [5, 5.41) is 13.6. The van der Waals surface area contributed by atoms with Gasteiger partial charge in [0, 0.05) is 46.9 Å². The Balaban J connectivity index is 1.56. The number of carbonyl (C=O) groups is 2. The highest BCUT2D eigenvalue weighted by Gasteiger charge is 2.28. The van der Waals surface area contributed by atoms with Crippen LogP contribution in [0.25, 0.3) is 0 Å². The molecule has 0 radical (unpaired) electrons. The first-order valence-electron chi connectivity index (χ1n) is 8.54. The predicted octanol–water partition coefficient (Wildman–Crippen LogP) is 3.85. The van der Waals surface area contributed by atoms with E-state index >= 15 is 0 Å². The number of nitrogens with one attached hydrogen (secondary N) is 1. The van der Waals surface area contributed by atoms with Gasteiger partial charge in [0.2, 0.25) is 5.91 Å². The van der Waals surface area contributed by atoms with Gasteiger partial charge in [-0.05, 0) is 43.2 Å². The van der Waals surface area contributed by atoms with Crippen molar-refractivity contribution < 1.29 is 14.5 Å². The summed E-state index contributed by atoms with van der Waals surface area (Å²) in [7, 11) is 0. The van der Waals surface area contributed by atoms with Crippen LogP contribution in [0.15, 0.2) is 53.0 Å². The molecule has 1 saturated heterocycles. The molecule has 1 aliphatic rings. The first-order chi connectivity index (χ1) is 12.9. The van der Waals surface area contributed by atoms with Crippen molar-refractivity contribution in [3.8, 4) is 0 Å². The lowest BCUT2D eigenvalue weighted by Crippen LogP contribution is -2.41. The number of non-ortho nitro benzene ring substituents is 1. The van der Waals surface area contributed by atoms with Crippen molar-refractivity contribution >= 4 is 39.1 Å². The molecule has 27 heavy (non-hydrogen) atoms. The Morgan fingerprint density at radius 1 is 1.11 bits per heavy atom. The van der Waals surface area contributed by atoms with Crippen molar-refractivity contribution in [3.05, 3.63) is 68.7 Å². The van der Waals surface area contributed by atoms with Crippen molar-refractivity contribution in [3.63, 3.8) is 0 Å². The molecule has 2 aromatic carbocycles. The van der Waals surface area contributed by atoms with E-state index in [0.29, 0.717) is 37.2 Å². The summed E-state index contributed by atoms with van der Waals surface area (Å²) in [5.41, 5.74) is 0.961. The molecule has 1 aliphatic heterocycles. The average Bonchev–Trinajstić information content (AvgIpc) is 2.68. The van der Waals surface area contributed by atoms with E-state index < -0.39 is 4.92 Å². The maximum atomic E-state index is 12.5. The molecular weight excluding hydrogens is 414 g/mol. The van der Waals surface area contributed by atoms with E-state index in [1.165, 1.54) is 18.2 Å². The number of carbonyl (C=O) groups excluding carboxylic acids is 2. The normalized spacial score (nSPS) is 14.6. The summed E-state index contributed by atoms with van der Waals surface area (Å²) in [6.07, 6.45) is 1.12. The molecule has 7 nitrogen and oxygen atoms in total. The fraction of sp³-hybridized carbons (Fsp3) is 0.263. The molecule has 1 fully saturated rings. The zero-order chi connectivity index (χ0) is 19.4. The Morgan fingerprint density at radius 2 is 1.78 bits per heavy atom. The SMILES string of the molecule is O=C(Nc1cccc([N+](=O)[O-])c1)C1CCN(C(=O)c2ccc(Br)cc2)CC1. The average molecular weight is 432 g/mol. The first kappa shape index (κ1) is 19.0. The monoisotopic (exact) mass is 431 g/mol. The molecule has 0 atom stereocenters. The van der Waals surface area contributed by atoms with Crippen molar-refractivity contribution in [2.75, 3.05) is 18.4 Å². The second-order valence-electron chi connectivity index (χ2n) is 6.37. The Bertz CT molecular complexity index is 862. The van der Waals surface area contributed by atoms with E-state index in [-0.39, 0.29) is 23.4 Å². The summed E-state index contributed by atoms with van der Waals surface area (Å²) in [6, 6.07) is 13.1. The van der Waals surface area contributed by atoms with E-state index in [2.05, 4.69) is 21.2 Å². The smallest absolute Gasteiger partial charge is 0.271 e. The zero-order valence-corrected chi connectivity index (χ0v) is 16.0. The van der Waals surface area contributed by atoms with Crippen LogP contribution < -0.4 is 5.32 Å². The van der Waals surface area contributed by atoms with Gasteiger partial charge >= 0.3 is 0 Å². The molecule has 3 rings (SSSR count). The third-order valence-corrected chi connectivity index (χ3v) is 5.10. The quantitative estimate of drug-likeness (QED) is 0.587. The molecule has 0 aromatic heterocycles. The van der Waals surface area contributed by atoms with E-state index in [4.69, 9.17) is 0 Å². The number of hydrogen-bond acceptors (Lipinski definition) is 4. The number of nitrogens with zero attached hydrogens (tertiary/aromatic N) is 2.